The van der Waals surface area contributed by atoms with Crippen LogP contribution in [-0.2, 0) is 11.2 Å². The Morgan fingerprint density at radius 1 is 1.15 bits per heavy atom. The predicted molar refractivity (Wildman–Crippen MR) is 109 cm³/mol. The monoisotopic (exact) mass is 361 g/mol. The quantitative estimate of drug-likeness (QED) is 0.316. The zero-order valence-corrected chi connectivity index (χ0v) is 16.2. The first-order valence-corrected chi connectivity index (χ1v) is 9.64. The van der Waals surface area contributed by atoms with Crippen molar-refractivity contribution >= 4 is 12.0 Å². The Balaban J connectivity index is 2.12. The van der Waals surface area contributed by atoms with Crippen molar-refractivity contribution in [2.24, 2.45) is 5.92 Å². The number of unbranched alkanes of at least 4 members (excludes halogenated alkanes) is 1. The lowest BCUT2D eigenvalue weighted by atomic mass is 9.90. The average Bonchev–Trinajstić information content (AvgIpc) is 2.70. The maximum absolute atomic E-state index is 12.2. The molecule has 27 heavy (non-hydrogen) atoms. The Kier molecular flexibility index (Phi) is 8.32. The van der Waals surface area contributed by atoms with Crippen LogP contribution in [0.25, 0.3) is 6.08 Å². The number of carbonyl (C=O) groups is 1. The molecule has 140 valence electrons. The van der Waals surface area contributed by atoms with Gasteiger partial charge in [0.05, 0.1) is 5.56 Å². The summed E-state index contributed by atoms with van der Waals surface area (Å²) in [5.41, 5.74) is 2.34. The van der Waals surface area contributed by atoms with Gasteiger partial charge in [0.25, 0.3) is 0 Å². The van der Waals surface area contributed by atoms with Crippen LogP contribution in [0.2, 0.25) is 0 Å². The smallest absolute Gasteiger partial charge is 0.336 e. The molecular formula is C24H27NO2. The van der Waals surface area contributed by atoms with Crippen molar-refractivity contribution in [1.82, 2.24) is 0 Å². The van der Waals surface area contributed by atoms with Gasteiger partial charge in [0.15, 0.2) is 0 Å². The van der Waals surface area contributed by atoms with Gasteiger partial charge in [-0.1, -0.05) is 82.0 Å². The van der Waals surface area contributed by atoms with E-state index in [2.05, 4.69) is 19.9 Å². The summed E-state index contributed by atoms with van der Waals surface area (Å²) in [6.07, 6.45) is 8.53. The Labute approximate surface area is 162 Å². The van der Waals surface area contributed by atoms with E-state index in [0.717, 1.165) is 30.4 Å². The Morgan fingerprint density at radius 2 is 1.93 bits per heavy atom. The van der Waals surface area contributed by atoms with Crippen LogP contribution in [0, 0.1) is 17.2 Å². The minimum Gasteiger partial charge on any atom is -0.422 e. The van der Waals surface area contributed by atoms with Crippen molar-refractivity contribution < 1.29 is 9.53 Å². The van der Waals surface area contributed by atoms with Gasteiger partial charge < -0.3 is 4.74 Å². The summed E-state index contributed by atoms with van der Waals surface area (Å²) in [5, 5.41) is 9.62. The van der Waals surface area contributed by atoms with E-state index in [0.29, 0.717) is 17.2 Å². The molecule has 0 aliphatic carbocycles. The molecule has 0 N–H and O–H groups in total. The topological polar surface area (TPSA) is 50.1 Å². The van der Waals surface area contributed by atoms with Crippen LogP contribution >= 0.6 is 0 Å². The van der Waals surface area contributed by atoms with Crippen molar-refractivity contribution in [1.29, 1.82) is 5.26 Å². The van der Waals surface area contributed by atoms with Gasteiger partial charge in [0.1, 0.15) is 11.8 Å². The number of carbonyl (C=O) groups excluding carboxylic acids is 1. The summed E-state index contributed by atoms with van der Waals surface area (Å²) in [7, 11) is 0. The Bertz CT molecular complexity index is 803. The number of nitriles is 1. The molecular weight excluding hydrogens is 334 g/mol. The summed E-state index contributed by atoms with van der Waals surface area (Å²) < 4.78 is 5.45. The van der Waals surface area contributed by atoms with E-state index in [4.69, 9.17) is 4.74 Å². The number of hydrogen-bond donors (Lipinski definition) is 0. The van der Waals surface area contributed by atoms with E-state index in [1.54, 1.807) is 12.1 Å². The molecule has 3 nitrogen and oxygen atoms in total. The van der Waals surface area contributed by atoms with E-state index in [-0.39, 0.29) is 0 Å². The van der Waals surface area contributed by atoms with Crippen LogP contribution in [0.4, 0.5) is 0 Å². The van der Waals surface area contributed by atoms with E-state index in [1.807, 2.05) is 42.5 Å². The molecule has 0 radical (unpaired) electrons. The fraction of sp³-hybridized carbons (Fsp3) is 0.333. The molecule has 0 saturated carbocycles. The molecule has 2 rings (SSSR count). The molecule has 0 fully saturated rings. The lowest BCUT2D eigenvalue weighted by Gasteiger charge is -2.16. The molecule has 2 aromatic carbocycles. The Hall–Kier alpha value is -2.86. The van der Waals surface area contributed by atoms with Crippen LogP contribution < -0.4 is 4.74 Å². The second-order valence-electron chi connectivity index (χ2n) is 6.69. The minimum atomic E-state index is -0.481. The molecule has 3 heteroatoms. The van der Waals surface area contributed by atoms with Gasteiger partial charge in [-0.2, -0.15) is 5.26 Å². The molecule has 0 aliphatic heterocycles. The molecule has 0 spiro atoms. The number of esters is 1. The standard InChI is InChI=1S/C24H27NO2/c1-3-5-10-19(4-2)17-21-13-9-14-23(22(21)18-25)27-24(26)16-15-20-11-7-6-8-12-20/h6-9,11-16,19H,3-5,10,17H2,1-2H3. The fourth-order valence-electron chi connectivity index (χ4n) is 3.08. The van der Waals surface area contributed by atoms with Gasteiger partial charge in [-0.3, -0.25) is 0 Å². The molecule has 1 unspecified atom stereocenters. The second-order valence-corrected chi connectivity index (χ2v) is 6.69. The van der Waals surface area contributed by atoms with E-state index in [9.17, 15) is 10.1 Å². The zero-order chi connectivity index (χ0) is 19.5. The third-order valence-corrected chi connectivity index (χ3v) is 4.70. The van der Waals surface area contributed by atoms with Gasteiger partial charge in [-0.25, -0.2) is 4.79 Å². The molecule has 0 bridgehead atoms. The molecule has 1 atom stereocenters. The minimum absolute atomic E-state index is 0.336. The molecule has 0 saturated heterocycles. The van der Waals surface area contributed by atoms with Crippen LogP contribution in [0.15, 0.2) is 54.6 Å². The van der Waals surface area contributed by atoms with Crippen LogP contribution in [-0.4, -0.2) is 5.97 Å². The van der Waals surface area contributed by atoms with Crippen molar-refractivity contribution in [2.75, 3.05) is 0 Å². The number of ether oxygens (including phenoxy) is 1. The summed E-state index contributed by atoms with van der Waals surface area (Å²) in [5.74, 6) is 0.398. The maximum atomic E-state index is 12.2. The first-order chi connectivity index (χ1) is 13.2. The normalized spacial score (nSPS) is 11.9. The van der Waals surface area contributed by atoms with Crippen LogP contribution in [0.5, 0.6) is 5.75 Å². The van der Waals surface area contributed by atoms with E-state index >= 15 is 0 Å². The summed E-state index contributed by atoms with van der Waals surface area (Å²) in [4.78, 5) is 12.2. The van der Waals surface area contributed by atoms with Gasteiger partial charge >= 0.3 is 5.97 Å². The number of nitrogens with zero attached hydrogens (tertiary/aromatic N) is 1. The molecule has 2 aromatic rings. The van der Waals surface area contributed by atoms with E-state index in [1.165, 1.54) is 18.9 Å². The maximum Gasteiger partial charge on any atom is 0.336 e. The highest BCUT2D eigenvalue weighted by molar-refractivity contribution is 5.89. The summed E-state index contributed by atoms with van der Waals surface area (Å²) in [6, 6.07) is 17.3. The third-order valence-electron chi connectivity index (χ3n) is 4.70. The third kappa shape index (κ3) is 6.42. The SMILES string of the molecule is CCCCC(CC)Cc1cccc(OC(=O)C=Cc2ccccc2)c1C#N. The average molecular weight is 361 g/mol. The van der Waals surface area contributed by atoms with Gasteiger partial charge in [-0.05, 0) is 35.6 Å². The van der Waals surface area contributed by atoms with Crippen molar-refractivity contribution in [3.8, 4) is 11.8 Å². The number of hydrogen-bond acceptors (Lipinski definition) is 3. The summed E-state index contributed by atoms with van der Waals surface area (Å²) >= 11 is 0. The largest absolute Gasteiger partial charge is 0.422 e. The molecule has 0 aromatic heterocycles. The van der Waals surface area contributed by atoms with Crippen LogP contribution in [0.3, 0.4) is 0 Å². The highest BCUT2D eigenvalue weighted by Crippen LogP contribution is 2.26. The van der Waals surface area contributed by atoms with Gasteiger partial charge in [-0.15, -0.1) is 0 Å². The van der Waals surface area contributed by atoms with Crippen molar-refractivity contribution in [3.63, 3.8) is 0 Å². The highest BCUT2D eigenvalue weighted by atomic mass is 16.5. The first-order valence-electron chi connectivity index (χ1n) is 9.64. The van der Waals surface area contributed by atoms with Crippen molar-refractivity contribution in [2.45, 2.75) is 46.0 Å². The van der Waals surface area contributed by atoms with Gasteiger partial charge in [0, 0.05) is 6.08 Å². The first kappa shape index (κ1) is 20.5. The number of benzene rings is 2. The fourth-order valence-corrected chi connectivity index (χ4v) is 3.08. The van der Waals surface area contributed by atoms with E-state index < -0.39 is 5.97 Å². The zero-order valence-electron chi connectivity index (χ0n) is 16.2. The predicted octanol–water partition coefficient (Wildman–Crippen LogP) is 5.94. The second kappa shape index (κ2) is 11.0. The molecule has 0 amide bonds. The Morgan fingerprint density at radius 3 is 2.59 bits per heavy atom. The van der Waals surface area contributed by atoms with Gasteiger partial charge in [0.2, 0.25) is 0 Å². The summed E-state index contributed by atoms with van der Waals surface area (Å²) in [6.45, 7) is 4.38. The lowest BCUT2D eigenvalue weighted by Crippen LogP contribution is -2.09. The molecule has 0 heterocycles. The highest BCUT2D eigenvalue weighted by Gasteiger charge is 2.15. The van der Waals surface area contributed by atoms with Crippen molar-refractivity contribution in [3.05, 3.63) is 71.3 Å². The number of rotatable bonds is 9. The molecule has 0 aliphatic rings. The lowest BCUT2D eigenvalue weighted by molar-refractivity contribution is -0.128. The van der Waals surface area contributed by atoms with Crippen LogP contribution in [0.1, 0.15) is 56.2 Å².